The predicted octanol–water partition coefficient (Wildman–Crippen LogP) is 2.13. The second-order valence-corrected chi connectivity index (χ2v) is 5.39. The Kier molecular flexibility index (Phi) is 3.33. The van der Waals surface area contributed by atoms with Gasteiger partial charge in [0.1, 0.15) is 0 Å². The zero-order chi connectivity index (χ0) is 11.6. The molecular formula is C13H23N3. The van der Waals surface area contributed by atoms with Crippen molar-refractivity contribution in [1.29, 1.82) is 0 Å². The van der Waals surface area contributed by atoms with Gasteiger partial charge in [-0.1, -0.05) is 19.8 Å². The number of rotatable bonds is 4. The van der Waals surface area contributed by atoms with E-state index in [9.17, 15) is 0 Å². The molecule has 1 heterocycles. The van der Waals surface area contributed by atoms with Gasteiger partial charge in [0.2, 0.25) is 0 Å². The highest BCUT2D eigenvalue weighted by molar-refractivity contribution is 5.04. The van der Waals surface area contributed by atoms with Crippen LogP contribution in [0.5, 0.6) is 0 Å². The third kappa shape index (κ3) is 2.29. The predicted molar refractivity (Wildman–Crippen MR) is 66.3 cm³/mol. The third-order valence-corrected chi connectivity index (χ3v) is 4.12. The summed E-state index contributed by atoms with van der Waals surface area (Å²) in [5.41, 5.74) is 1.67. The standard InChI is InChI=1S/C13H23N3/c1-13(7-4-5-8-13)12(14-2)10-11-6-9-16(3)15-11/h6,9,12,14H,4-5,7-8,10H2,1-3H3. The van der Waals surface area contributed by atoms with Crippen molar-refractivity contribution in [2.75, 3.05) is 7.05 Å². The minimum absolute atomic E-state index is 0.465. The van der Waals surface area contributed by atoms with Crippen LogP contribution < -0.4 is 5.32 Å². The summed E-state index contributed by atoms with van der Waals surface area (Å²) in [6, 6.07) is 2.69. The fourth-order valence-electron chi connectivity index (χ4n) is 3.01. The van der Waals surface area contributed by atoms with E-state index in [2.05, 4.69) is 30.5 Å². The van der Waals surface area contributed by atoms with Gasteiger partial charge in [0, 0.05) is 25.7 Å². The topological polar surface area (TPSA) is 29.9 Å². The molecule has 1 saturated carbocycles. The van der Waals surface area contributed by atoms with Crippen LogP contribution in [-0.2, 0) is 13.5 Å². The Labute approximate surface area is 98.2 Å². The van der Waals surface area contributed by atoms with Crippen molar-refractivity contribution >= 4 is 0 Å². The van der Waals surface area contributed by atoms with Gasteiger partial charge in [0.05, 0.1) is 5.69 Å². The lowest BCUT2D eigenvalue weighted by molar-refractivity contribution is 0.228. The molecule has 1 N–H and O–H groups in total. The molecular weight excluding hydrogens is 198 g/mol. The van der Waals surface area contributed by atoms with Gasteiger partial charge in [-0.3, -0.25) is 4.68 Å². The van der Waals surface area contributed by atoms with Crippen LogP contribution in [0.4, 0.5) is 0 Å². The zero-order valence-electron chi connectivity index (χ0n) is 10.7. The van der Waals surface area contributed by atoms with Gasteiger partial charge in [-0.15, -0.1) is 0 Å². The van der Waals surface area contributed by atoms with Gasteiger partial charge in [0.15, 0.2) is 0 Å². The number of nitrogens with one attached hydrogen (secondary N) is 1. The zero-order valence-corrected chi connectivity index (χ0v) is 10.7. The van der Waals surface area contributed by atoms with E-state index in [1.807, 2.05) is 17.9 Å². The monoisotopic (exact) mass is 221 g/mol. The van der Waals surface area contributed by atoms with E-state index in [1.165, 1.54) is 31.4 Å². The molecule has 1 aliphatic carbocycles. The second kappa shape index (κ2) is 4.58. The molecule has 0 radical (unpaired) electrons. The van der Waals surface area contributed by atoms with Gasteiger partial charge >= 0.3 is 0 Å². The van der Waals surface area contributed by atoms with E-state index in [1.54, 1.807) is 0 Å². The minimum atomic E-state index is 0.465. The van der Waals surface area contributed by atoms with E-state index in [0.717, 1.165) is 6.42 Å². The van der Waals surface area contributed by atoms with Crippen LogP contribution in [0.25, 0.3) is 0 Å². The Hall–Kier alpha value is -0.830. The molecule has 0 aromatic carbocycles. The molecule has 0 bridgehead atoms. The van der Waals surface area contributed by atoms with E-state index in [4.69, 9.17) is 0 Å². The first-order valence-corrected chi connectivity index (χ1v) is 6.30. The highest BCUT2D eigenvalue weighted by Crippen LogP contribution is 2.41. The smallest absolute Gasteiger partial charge is 0.0640 e. The van der Waals surface area contributed by atoms with Crippen molar-refractivity contribution in [3.63, 3.8) is 0 Å². The molecule has 1 unspecified atom stereocenters. The van der Waals surface area contributed by atoms with Gasteiger partial charge in [0.25, 0.3) is 0 Å². The number of nitrogens with zero attached hydrogens (tertiary/aromatic N) is 2. The first-order chi connectivity index (χ1) is 7.64. The van der Waals surface area contributed by atoms with Crippen LogP contribution in [0.15, 0.2) is 12.3 Å². The maximum absolute atomic E-state index is 4.48. The van der Waals surface area contributed by atoms with Gasteiger partial charge in [-0.05, 0) is 31.4 Å². The first-order valence-electron chi connectivity index (χ1n) is 6.30. The average Bonchev–Trinajstić information content (AvgIpc) is 2.85. The van der Waals surface area contributed by atoms with Crippen LogP contribution in [0.3, 0.4) is 0 Å². The summed E-state index contributed by atoms with van der Waals surface area (Å²) in [6.45, 7) is 2.42. The lowest BCUT2D eigenvalue weighted by Crippen LogP contribution is -2.42. The number of aromatic nitrogens is 2. The highest BCUT2D eigenvalue weighted by atomic mass is 15.2. The summed E-state index contributed by atoms with van der Waals surface area (Å²) in [7, 11) is 4.06. The molecule has 1 fully saturated rings. The van der Waals surface area contributed by atoms with Crippen molar-refractivity contribution < 1.29 is 0 Å². The van der Waals surface area contributed by atoms with Crippen LogP contribution in [-0.4, -0.2) is 22.9 Å². The second-order valence-electron chi connectivity index (χ2n) is 5.39. The Bertz CT molecular complexity index is 337. The number of hydrogen-bond acceptors (Lipinski definition) is 2. The van der Waals surface area contributed by atoms with Crippen LogP contribution in [0.2, 0.25) is 0 Å². The van der Waals surface area contributed by atoms with Crippen molar-refractivity contribution in [2.24, 2.45) is 12.5 Å². The summed E-state index contributed by atoms with van der Waals surface area (Å²) >= 11 is 0. The summed E-state index contributed by atoms with van der Waals surface area (Å²) in [5.74, 6) is 0. The fourth-order valence-corrected chi connectivity index (χ4v) is 3.01. The Morgan fingerprint density at radius 2 is 2.19 bits per heavy atom. The van der Waals surface area contributed by atoms with Crippen LogP contribution in [0.1, 0.15) is 38.3 Å². The Morgan fingerprint density at radius 3 is 2.69 bits per heavy atom. The average molecular weight is 221 g/mol. The highest BCUT2D eigenvalue weighted by Gasteiger charge is 2.36. The van der Waals surface area contributed by atoms with Gasteiger partial charge in [-0.2, -0.15) is 5.10 Å². The summed E-state index contributed by atoms with van der Waals surface area (Å²) in [5, 5.41) is 7.97. The molecule has 16 heavy (non-hydrogen) atoms. The van der Waals surface area contributed by atoms with E-state index in [-0.39, 0.29) is 0 Å². The number of likely N-dealkylation sites (N-methyl/N-ethyl adjacent to an activating group) is 1. The third-order valence-electron chi connectivity index (χ3n) is 4.12. The molecule has 0 spiro atoms. The molecule has 1 atom stereocenters. The van der Waals surface area contributed by atoms with Crippen molar-refractivity contribution in [1.82, 2.24) is 15.1 Å². The maximum Gasteiger partial charge on any atom is 0.0640 e. The normalized spacial score (nSPS) is 21.2. The molecule has 1 aliphatic rings. The van der Waals surface area contributed by atoms with Crippen molar-refractivity contribution in [2.45, 2.75) is 45.1 Å². The molecule has 1 aromatic rings. The Morgan fingerprint density at radius 1 is 1.50 bits per heavy atom. The van der Waals surface area contributed by atoms with E-state index < -0.39 is 0 Å². The van der Waals surface area contributed by atoms with Crippen molar-refractivity contribution in [3.05, 3.63) is 18.0 Å². The molecule has 0 saturated heterocycles. The first kappa shape index (κ1) is 11.6. The number of aryl methyl sites for hydroxylation is 1. The quantitative estimate of drug-likeness (QED) is 0.844. The lowest BCUT2D eigenvalue weighted by atomic mass is 9.78. The molecule has 90 valence electrons. The van der Waals surface area contributed by atoms with Crippen LogP contribution in [0, 0.1) is 5.41 Å². The molecule has 0 amide bonds. The minimum Gasteiger partial charge on any atom is -0.316 e. The fraction of sp³-hybridized carbons (Fsp3) is 0.769. The largest absolute Gasteiger partial charge is 0.316 e. The van der Waals surface area contributed by atoms with Gasteiger partial charge < -0.3 is 5.32 Å². The van der Waals surface area contributed by atoms with Crippen molar-refractivity contribution in [3.8, 4) is 0 Å². The summed E-state index contributed by atoms with van der Waals surface area (Å²) < 4.78 is 1.89. The molecule has 0 aliphatic heterocycles. The SMILES string of the molecule is CNC(Cc1ccn(C)n1)C1(C)CCCC1. The van der Waals surface area contributed by atoms with Gasteiger partial charge in [-0.25, -0.2) is 0 Å². The summed E-state index contributed by atoms with van der Waals surface area (Å²) in [6.07, 6.45) is 8.55. The lowest BCUT2D eigenvalue weighted by Gasteiger charge is -2.33. The van der Waals surface area contributed by atoms with E-state index in [0.29, 0.717) is 11.5 Å². The Balaban J connectivity index is 2.05. The van der Waals surface area contributed by atoms with E-state index >= 15 is 0 Å². The van der Waals surface area contributed by atoms with Crippen LogP contribution >= 0.6 is 0 Å². The number of hydrogen-bond donors (Lipinski definition) is 1. The molecule has 3 nitrogen and oxygen atoms in total. The molecule has 2 rings (SSSR count). The molecule has 3 heteroatoms. The molecule has 1 aromatic heterocycles. The summed E-state index contributed by atoms with van der Waals surface area (Å²) in [4.78, 5) is 0. The maximum atomic E-state index is 4.48.